The van der Waals surface area contributed by atoms with Crippen LogP contribution in [0.4, 0.5) is 0 Å². The van der Waals surface area contributed by atoms with E-state index in [1.165, 1.54) is 9.79 Å². The monoisotopic (exact) mass is 329 g/mol. The number of rotatable bonds is 6. The van der Waals surface area contributed by atoms with Crippen LogP contribution in [0.5, 0.6) is 0 Å². The molecule has 3 unspecified atom stereocenters. The van der Waals surface area contributed by atoms with Crippen molar-refractivity contribution >= 4 is 23.5 Å². The first-order valence-electron chi connectivity index (χ1n) is 7.88. The van der Waals surface area contributed by atoms with Gasteiger partial charge < -0.3 is 0 Å². The summed E-state index contributed by atoms with van der Waals surface area (Å²) in [5.74, 6) is 0.538. The van der Waals surface area contributed by atoms with Crippen LogP contribution in [0.15, 0.2) is 81.4 Å². The standard InChI is InChI=1S/C20H24S2/c1-4-5-11-16(2)17(3)22(18-12-7-6-8-13-18)20-15-10-9-14-19(20)21/h5-17H,4H2,1-3H3/p+1/b11-5-. The largest absolute Gasteiger partial charge is 0.174 e. The van der Waals surface area contributed by atoms with Gasteiger partial charge in [0.2, 0.25) is 0 Å². The summed E-state index contributed by atoms with van der Waals surface area (Å²) in [6.07, 6.45) is 5.73. The quantitative estimate of drug-likeness (QED) is 0.375. The number of hydrogen-bond acceptors (Lipinski definition) is 1. The van der Waals surface area contributed by atoms with Gasteiger partial charge in [-0.05, 0) is 37.6 Å². The van der Waals surface area contributed by atoms with Crippen molar-refractivity contribution in [1.29, 1.82) is 0 Å². The van der Waals surface area contributed by atoms with Crippen LogP contribution >= 0.6 is 12.6 Å². The van der Waals surface area contributed by atoms with E-state index in [0.717, 1.165) is 11.3 Å². The SMILES string of the molecule is CC/C=C\C(C)C(C)[S+](c1ccccc1)c1ccccc1S. The molecule has 0 aliphatic rings. The summed E-state index contributed by atoms with van der Waals surface area (Å²) in [6.45, 7) is 6.87. The molecule has 0 bridgehead atoms. The minimum atomic E-state index is 0.0312. The maximum atomic E-state index is 4.71. The summed E-state index contributed by atoms with van der Waals surface area (Å²) in [5, 5.41) is 0.540. The van der Waals surface area contributed by atoms with E-state index in [2.05, 4.69) is 87.5 Å². The lowest BCUT2D eigenvalue weighted by atomic mass is 10.1. The zero-order valence-electron chi connectivity index (χ0n) is 13.6. The Morgan fingerprint density at radius 2 is 1.64 bits per heavy atom. The molecule has 0 heterocycles. The highest BCUT2D eigenvalue weighted by Gasteiger charge is 2.36. The lowest BCUT2D eigenvalue weighted by molar-refractivity contribution is 0.705. The number of allylic oxidation sites excluding steroid dienone is 2. The van der Waals surface area contributed by atoms with Gasteiger partial charge in [0.25, 0.3) is 0 Å². The number of thiol groups is 1. The molecule has 0 amide bonds. The van der Waals surface area contributed by atoms with Gasteiger partial charge in [-0.15, -0.1) is 12.6 Å². The maximum Gasteiger partial charge on any atom is 0.174 e. The lowest BCUT2D eigenvalue weighted by Gasteiger charge is -2.20. The molecule has 116 valence electrons. The van der Waals surface area contributed by atoms with E-state index in [-0.39, 0.29) is 10.9 Å². The highest BCUT2D eigenvalue weighted by Crippen LogP contribution is 2.34. The Kier molecular flexibility index (Phi) is 6.66. The third-order valence-corrected chi connectivity index (χ3v) is 7.21. The predicted molar refractivity (Wildman–Crippen MR) is 102 cm³/mol. The summed E-state index contributed by atoms with van der Waals surface area (Å²) in [6, 6.07) is 19.4. The third-order valence-electron chi connectivity index (χ3n) is 3.89. The Bertz CT molecular complexity index is 604. The predicted octanol–water partition coefficient (Wildman–Crippen LogP) is 6.00. The summed E-state index contributed by atoms with van der Waals surface area (Å²) in [7, 11) is 0.0312. The van der Waals surface area contributed by atoms with Crippen LogP contribution in [0.2, 0.25) is 0 Å². The molecule has 2 aromatic carbocycles. The number of benzene rings is 2. The molecule has 2 heteroatoms. The first kappa shape index (κ1) is 17.2. The molecule has 0 aliphatic carbocycles. The van der Waals surface area contributed by atoms with Crippen LogP contribution in [0.3, 0.4) is 0 Å². The molecule has 0 aliphatic heterocycles. The Morgan fingerprint density at radius 3 is 2.27 bits per heavy atom. The second-order valence-electron chi connectivity index (χ2n) is 5.52. The van der Waals surface area contributed by atoms with Gasteiger partial charge in [-0.3, -0.25) is 0 Å². The van der Waals surface area contributed by atoms with Crippen molar-refractivity contribution < 1.29 is 0 Å². The van der Waals surface area contributed by atoms with Crippen molar-refractivity contribution in [2.24, 2.45) is 5.92 Å². The molecule has 2 aromatic rings. The van der Waals surface area contributed by atoms with Gasteiger partial charge in [0.15, 0.2) is 9.79 Å². The number of hydrogen-bond donors (Lipinski definition) is 1. The van der Waals surface area contributed by atoms with Crippen molar-refractivity contribution in [3.63, 3.8) is 0 Å². The molecule has 0 spiro atoms. The van der Waals surface area contributed by atoms with Crippen LogP contribution in [0.25, 0.3) is 0 Å². The van der Waals surface area contributed by atoms with E-state index in [1.54, 1.807) is 0 Å². The van der Waals surface area contributed by atoms with Crippen LogP contribution in [-0.2, 0) is 10.9 Å². The molecule has 0 radical (unpaired) electrons. The van der Waals surface area contributed by atoms with Crippen LogP contribution < -0.4 is 0 Å². The Balaban J connectivity index is 2.43. The lowest BCUT2D eigenvalue weighted by Crippen LogP contribution is -2.25. The van der Waals surface area contributed by atoms with Gasteiger partial charge in [0.05, 0.1) is 15.8 Å². The topological polar surface area (TPSA) is 0 Å². The minimum Gasteiger partial charge on any atom is -0.138 e. The Hall–Kier alpha value is -1.12. The average molecular weight is 330 g/mol. The van der Waals surface area contributed by atoms with Crippen LogP contribution in [0.1, 0.15) is 27.2 Å². The van der Waals surface area contributed by atoms with Gasteiger partial charge in [0.1, 0.15) is 5.25 Å². The molecule has 0 aromatic heterocycles. The van der Waals surface area contributed by atoms with Crippen LogP contribution in [-0.4, -0.2) is 5.25 Å². The van der Waals surface area contributed by atoms with Gasteiger partial charge in [-0.25, -0.2) is 0 Å². The van der Waals surface area contributed by atoms with Crippen molar-refractivity contribution in [3.8, 4) is 0 Å². The van der Waals surface area contributed by atoms with Gasteiger partial charge in [-0.2, -0.15) is 0 Å². The third kappa shape index (κ3) is 4.21. The Morgan fingerprint density at radius 1 is 1.00 bits per heavy atom. The fraction of sp³-hybridized carbons (Fsp3) is 0.300. The Labute approximate surface area is 143 Å². The zero-order chi connectivity index (χ0) is 15.9. The highest BCUT2D eigenvalue weighted by atomic mass is 32.2. The molecule has 3 atom stereocenters. The second kappa shape index (κ2) is 8.50. The molecule has 0 N–H and O–H groups in total. The van der Waals surface area contributed by atoms with Gasteiger partial charge in [0, 0.05) is 5.92 Å². The second-order valence-corrected chi connectivity index (χ2v) is 8.33. The fourth-order valence-corrected chi connectivity index (χ4v) is 5.50. The van der Waals surface area contributed by atoms with Crippen molar-refractivity contribution in [2.45, 2.75) is 47.1 Å². The molecule has 0 fully saturated rings. The first-order chi connectivity index (χ1) is 10.6. The molecule has 0 saturated carbocycles. The molecule has 22 heavy (non-hydrogen) atoms. The fourth-order valence-electron chi connectivity index (χ4n) is 2.47. The van der Waals surface area contributed by atoms with E-state index >= 15 is 0 Å². The maximum absolute atomic E-state index is 4.71. The molecule has 0 saturated heterocycles. The molecular formula is C20H25S2+. The van der Waals surface area contributed by atoms with Crippen molar-refractivity contribution in [1.82, 2.24) is 0 Å². The normalized spacial score (nSPS) is 15.6. The van der Waals surface area contributed by atoms with Crippen LogP contribution in [0, 0.1) is 5.92 Å². The zero-order valence-corrected chi connectivity index (χ0v) is 15.3. The average Bonchev–Trinajstić information content (AvgIpc) is 2.55. The highest BCUT2D eigenvalue weighted by molar-refractivity contribution is 7.98. The van der Waals surface area contributed by atoms with Crippen molar-refractivity contribution in [3.05, 3.63) is 66.7 Å². The van der Waals surface area contributed by atoms with Gasteiger partial charge in [-0.1, -0.05) is 56.3 Å². The van der Waals surface area contributed by atoms with E-state index in [0.29, 0.717) is 11.2 Å². The van der Waals surface area contributed by atoms with Crippen molar-refractivity contribution in [2.75, 3.05) is 0 Å². The summed E-state index contributed by atoms with van der Waals surface area (Å²) in [4.78, 5) is 3.84. The van der Waals surface area contributed by atoms with Gasteiger partial charge >= 0.3 is 0 Å². The van der Waals surface area contributed by atoms with E-state index < -0.39 is 0 Å². The first-order valence-corrected chi connectivity index (χ1v) is 9.61. The molecular weight excluding hydrogens is 304 g/mol. The minimum absolute atomic E-state index is 0.0312. The summed E-state index contributed by atoms with van der Waals surface area (Å²) < 4.78 is 0. The summed E-state index contributed by atoms with van der Waals surface area (Å²) in [5.41, 5.74) is 0. The summed E-state index contributed by atoms with van der Waals surface area (Å²) >= 11 is 4.71. The van der Waals surface area contributed by atoms with E-state index in [4.69, 9.17) is 12.6 Å². The molecule has 2 rings (SSSR count). The van der Waals surface area contributed by atoms with E-state index in [9.17, 15) is 0 Å². The molecule has 0 nitrogen and oxygen atoms in total. The van der Waals surface area contributed by atoms with E-state index in [1.807, 2.05) is 0 Å². The smallest absolute Gasteiger partial charge is 0.138 e.